The van der Waals surface area contributed by atoms with Crippen molar-refractivity contribution in [2.24, 2.45) is 0 Å². The smallest absolute Gasteiger partial charge is 0.124 e. The van der Waals surface area contributed by atoms with Gasteiger partial charge in [-0.3, -0.25) is 4.90 Å². The maximum atomic E-state index is 5.86. The molecule has 0 radical (unpaired) electrons. The van der Waals surface area contributed by atoms with Crippen molar-refractivity contribution in [3.63, 3.8) is 0 Å². The van der Waals surface area contributed by atoms with E-state index in [4.69, 9.17) is 4.74 Å². The molecule has 1 saturated heterocycles. The molecule has 1 aromatic carbocycles. The van der Waals surface area contributed by atoms with Crippen LogP contribution in [0.4, 0.5) is 0 Å². The number of benzene rings is 1. The molecule has 1 fully saturated rings. The van der Waals surface area contributed by atoms with E-state index in [-0.39, 0.29) is 0 Å². The number of para-hydroxylation sites is 1. The molecular formula is C17H29N3O. The molecule has 0 spiro atoms. The Balaban J connectivity index is 2.26. The monoisotopic (exact) mass is 291 g/mol. The summed E-state index contributed by atoms with van der Waals surface area (Å²) in [5, 5.41) is 3.52. The van der Waals surface area contributed by atoms with Gasteiger partial charge in [0, 0.05) is 37.8 Å². The second-order valence-corrected chi connectivity index (χ2v) is 6.10. The zero-order valence-corrected chi connectivity index (χ0v) is 13.8. The number of likely N-dealkylation sites (N-methyl/N-ethyl adjacent to an activating group) is 1. The molecule has 0 amide bonds. The number of rotatable bonds is 6. The first-order chi connectivity index (χ1) is 10.1. The molecule has 2 atom stereocenters. The highest BCUT2D eigenvalue weighted by Crippen LogP contribution is 2.30. The zero-order chi connectivity index (χ0) is 15.2. The van der Waals surface area contributed by atoms with Crippen LogP contribution >= 0.6 is 0 Å². The Hall–Kier alpha value is -1.10. The molecule has 21 heavy (non-hydrogen) atoms. The summed E-state index contributed by atoms with van der Waals surface area (Å²) in [6, 6.07) is 9.40. The molecule has 0 aromatic heterocycles. The highest BCUT2D eigenvalue weighted by molar-refractivity contribution is 5.36. The lowest BCUT2D eigenvalue weighted by atomic mass is 10.0. The Morgan fingerprint density at radius 2 is 2.14 bits per heavy atom. The maximum absolute atomic E-state index is 5.86. The van der Waals surface area contributed by atoms with E-state index in [0.717, 1.165) is 31.9 Å². The normalized spacial score (nSPS) is 21.5. The first-order valence-electron chi connectivity index (χ1n) is 7.95. The van der Waals surface area contributed by atoms with Gasteiger partial charge in [0.05, 0.1) is 12.6 Å². The van der Waals surface area contributed by atoms with Crippen LogP contribution in [0.25, 0.3) is 0 Å². The van der Waals surface area contributed by atoms with Crippen molar-refractivity contribution in [1.29, 1.82) is 0 Å². The molecule has 0 saturated carbocycles. The van der Waals surface area contributed by atoms with E-state index in [0.29, 0.717) is 18.7 Å². The van der Waals surface area contributed by atoms with Crippen molar-refractivity contribution < 1.29 is 4.74 Å². The molecule has 0 bridgehead atoms. The second-order valence-electron chi connectivity index (χ2n) is 6.10. The van der Waals surface area contributed by atoms with E-state index < -0.39 is 0 Å². The summed E-state index contributed by atoms with van der Waals surface area (Å²) in [6.07, 6.45) is 0. The fourth-order valence-electron chi connectivity index (χ4n) is 3.04. The van der Waals surface area contributed by atoms with Crippen LogP contribution in [-0.2, 0) is 0 Å². The fraction of sp³-hybridized carbons (Fsp3) is 0.647. The molecule has 1 aromatic rings. The number of nitrogens with zero attached hydrogens (tertiary/aromatic N) is 2. The van der Waals surface area contributed by atoms with E-state index in [1.54, 1.807) is 0 Å². The van der Waals surface area contributed by atoms with Crippen LogP contribution in [0, 0.1) is 0 Å². The van der Waals surface area contributed by atoms with Crippen molar-refractivity contribution in [2.45, 2.75) is 25.9 Å². The van der Waals surface area contributed by atoms with E-state index in [9.17, 15) is 0 Å². The van der Waals surface area contributed by atoms with Gasteiger partial charge in [-0.1, -0.05) is 18.2 Å². The Labute approximate surface area is 129 Å². The summed E-state index contributed by atoms with van der Waals surface area (Å²) >= 11 is 0. The van der Waals surface area contributed by atoms with Gasteiger partial charge in [0.15, 0.2) is 0 Å². The van der Waals surface area contributed by atoms with Crippen molar-refractivity contribution in [2.75, 3.05) is 46.9 Å². The molecule has 1 aliphatic heterocycles. The van der Waals surface area contributed by atoms with Crippen LogP contribution in [0.5, 0.6) is 5.75 Å². The molecule has 2 unspecified atom stereocenters. The summed E-state index contributed by atoms with van der Waals surface area (Å²) in [5.41, 5.74) is 1.31. The van der Waals surface area contributed by atoms with Gasteiger partial charge >= 0.3 is 0 Å². The molecule has 118 valence electrons. The zero-order valence-electron chi connectivity index (χ0n) is 13.8. The Morgan fingerprint density at radius 3 is 2.81 bits per heavy atom. The number of hydrogen-bond acceptors (Lipinski definition) is 4. The Bertz CT molecular complexity index is 436. The molecule has 1 N–H and O–H groups in total. The molecule has 0 aliphatic carbocycles. The Morgan fingerprint density at radius 1 is 1.38 bits per heavy atom. The number of hydrogen-bond donors (Lipinski definition) is 1. The van der Waals surface area contributed by atoms with E-state index >= 15 is 0 Å². The topological polar surface area (TPSA) is 27.7 Å². The molecule has 2 rings (SSSR count). The lowest BCUT2D eigenvalue weighted by molar-refractivity contribution is 0.122. The first-order valence-corrected chi connectivity index (χ1v) is 7.95. The van der Waals surface area contributed by atoms with E-state index in [2.05, 4.69) is 60.4 Å². The van der Waals surface area contributed by atoms with Crippen LogP contribution in [0.3, 0.4) is 0 Å². The van der Waals surface area contributed by atoms with Crippen molar-refractivity contribution in [3.05, 3.63) is 29.8 Å². The minimum Gasteiger partial charge on any atom is -0.494 e. The number of ether oxygens (including phenoxy) is 1. The van der Waals surface area contributed by atoms with Crippen LogP contribution in [0.1, 0.15) is 25.5 Å². The summed E-state index contributed by atoms with van der Waals surface area (Å²) < 4.78 is 5.86. The lowest BCUT2D eigenvalue weighted by Gasteiger charge is -2.39. The molecule has 4 heteroatoms. The predicted molar refractivity (Wildman–Crippen MR) is 87.9 cm³/mol. The van der Waals surface area contributed by atoms with Gasteiger partial charge in [-0.15, -0.1) is 0 Å². The van der Waals surface area contributed by atoms with Crippen LogP contribution in [-0.4, -0.2) is 62.7 Å². The van der Waals surface area contributed by atoms with Crippen molar-refractivity contribution >= 4 is 0 Å². The third-order valence-electron chi connectivity index (χ3n) is 3.96. The third-order valence-corrected chi connectivity index (χ3v) is 3.96. The predicted octanol–water partition coefficient (Wildman–Crippen LogP) is 1.98. The summed E-state index contributed by atoms with van der Waals surface area (Å²) in [4.78, 5) is 4.85. The minimum atomic E-state index is 0.382. The quantitative estimate of drug-likeness (QED) is 0.867. The van der Waals surface area contributed by atoms with Gasteiger partial charge in [-0.05, 0) is 34.0 Å². The van der Waals surface area contributed by atoms with Gasteiger partial charge in [0.1, 0.15) is 5.75 Å². The van der Waals surface area contributed by atoms with Crippen molar-refractivity contribution in [1.82, 2.24) is 15.1 Å². The molecule has 1 aliphatic rings. The molecular weight excluding hydrogens is 262 g/mol. The standard InChI is InChI=1S/C17H29N3O/c1-5-21-17-9-7-6-8-15(17)16(13-19(3)4)20-11-10-18-14(2)12-20/h6-9,14,16,18H,5,10-13H2,1-4H3. The van der Waals surface area contributed by atoms with Gasteiger partial charge in [-0.2, -0.15) is 0 Å². The lowest BCUT2D eigenvalue weighted by Crippen LogP contribution is -2.51. The molecule has 4 nitrogen and oxygen atoms in total. The summed E-state index contributed by atoms with van der Waals surface area (Å²) in [7, 11) is 4.28. The Kier molecular flexibility index (Phi) is 6.03. The van der Waals surface area contributed by atoms with Crippen LogP contribution in [0.15, 0.2) is 24.3 Å². The van der Waals surface area contributed by atoms with Gasteiger partial charge in [-0.25, -0.2) is 0 Å². The second kappa shape index (κ2) is 7.78. The van der Waals surface area contributed by atoms with Crippen molar-refractivity contribution in [3.8, 4) is 5.75 Å². The first kappa shape index (κ1) is 16.3. The van der Waals surface area contributed by atoms with Crippen LogP contribution in [0.2, 0.25) is 0 Å². The largest absolute Gasteiger partial charge is 0.494 e. The highest BCUT2D eigenvalue weighted by atomic mass is 16.5. The highest BCUT2D eigenvalue weighted by Gasteiger charge is 2.27. The number of piperazine rings is 1. The average molecular weight is 291 g/mol. The van der Waals surface area contributed by atoms with Crippen LogP contribution < -0.4 is 10.1 Å². The van der Waals surface area contributed by atoms with E-state index in [1.165, 1.54) is 5.56 Å². The van der Waals surface area contributed by atoms with Gasteiger partial charge in [0.2, 0.25) is 0 Å². The third kappa shape index (κ3) is 4.43. The van der Waals surface area contributed by atoms with Gasteiger partial charge < -0.3 is 15.0 Å². The summed E-state index contributed by atoms with van der Waals surface area (Å²) in [5.74, 6) is 1.03. The minimum absolute atomic E-state index is 0.382. The number of nitrogens with one attached hydrogen (secondary N) is 1. The SMILES string of the molecule is CCOc1ccccc1C(CN(C)C)N1CCNC(C)C1. The van der Waals surface area contributed by atoms with E-state index in [1.807, 2.05) is 6.92 Å². The maximum Gasteiger partial charge on any atom is 0.124 e. The fourth-order valence-corrected chi connectivity index (χ4v) is 3.04. The summed E-state index contributed by atoms with van der Waals surface area (Å²) in [6.45, 7) is 9.25. The average Bonchev–Trinajstić information content (AvgIpc) is 2.46. The molecule has 1 heterocycles. The van der Waals surface area contributed by atoms with Gasteiger partial charge in [0.25, 0.3) is 0 Å².